The second-order valence-corrected chi connectivity index (χ2v) is 11.8. The Labute approximate surface area is 239 Å². The highest BCUT2D eigenvalue weighted by Gasteiger charge is 2.25. The molecular formula is C29H58NO8P. The molecule has 0 saturated heterocycles. The molecule has 0 aromatic carbocycles. The predicted molar refractivity (Wildman–Crippen MR) is 155 cm³/mol. The number of phosphoric ester groups is 1. The zero-order valence-electron chi connectivity index (χ0n) is 25.8. The van der Waals surface area contributed by atoms with Crippen LogP contribution in [0.4, 0.5) is 0 Å². The van der Waals surface area contributed by atoms with Gasteiger partial charge < -0.3 is 20.1 Å². The maximum absolute atomic E-state index is 12.4. The number of rotatable bonds is 30. The summed E-state index contributed by atoms with van der Waals surface area (Å²) in [5, 5.41) is 0. The predicted octanol–water partition coefficient (Wildman–Crippen LogP) is 7.38. The number of carbonyl (C=O) groups is 2. The van der Waals surface area contributed by atoms with Gasteiger partial charge in [-0.1, -0.05) is 117 Å². The van der Waals surface area contributed by atoms with Crippen molar-refractivity contribution in [2.24, 2.45) is 5.73 Å². The molecule has 1 unspecified atom stereocenters. The van der Waals surface area contributed by atoms with Gasteiger partial charge >= 0.3 is 19.8 Å². The van der Waals surface area contributed by atoms with Crippen LogP contribution in [0.15, 0.2) is 0 Å². The van der Waals surface area contributed by atoms with Crippen molar-refractivity contribution in [2.75, 3.05) is 26.4 Å². The molecule has 3 N–H and O–H groups in total. The lowest BCUT2D eigenvalue weighted by molar-refractivity contribution is -0.161. The van der Waals surface area contributed by atoms with Crippen molar-refractivity contribution in [1.82, 2.24) is 0 Å². The lowest BCUT2D eigenvalue weighted by atomic mass is 10.1. The number of ether oxygens (including phenoxy) is 2. The molecule has 0 aromatic heterocycles. The van der Waals surface area contributed by atoms with Crippen LogP contribution in [0.1, 0.15) is 142 Å². The third-order valence-electron chi connectivity index (χ3n) is 6.48. The number of nitrogens with two attached hydrogens (primary N) is 1. The number of unbranched alkanes of at least 4 members (excludes halogenated alkanes) is 16. The Kier molecular flexibility index (Phi) is 25.1. The Morgan fingerprint density at radius 1 is 0.718 bits per heavy atom. The Bertz CT molecular complexity index is 656. The minimum Gasteiger partial charge on any atom is -0.462 e. The second-order valence-electron chi connectivity index (χ2n) is 10.3. The molecule has 232 valence electrons. The van der Waals surface area contributed by atoms with Crippen molar-refractivity contribution in [3.63, 3.8) is 0 Å². The third-order valence-corrected chi connectivity index (χ3v) is 7.46. The minimum atomic E-state index is -4.40. The van der Waals surface area contributed by atoms with Gasteiger partial charge in [0.1, 0.15) is 8.02 Å². The number of esters is 2. The zero-order chi connectivity index (χ0) is 29.7. The quantitative estimate of drug-likeness (QED) is 0.0507. The van der Waals surface area contributed by atoms with Crippen LogP contribution in [0.25, 0.3) is 0 Å². The zero-order valence-corrected chi connectivity index (χ0v) is 25.7. The summed E-state index contributed by atoms with van der Waals surface area (Å²) in [4.78, 5) is 34.4. The first kappa shape index (κ1) is 36.0. The maximum atomic E-state index is 12.4. The van der Waals surface area contributed by atoms with Crippen LogP contribution < -0.4 is 5.73 Å². The molecule has 0 saturated carbocycles. The summed E-state index contributed by atoms with van der Waals surface area (Å²) in [6.45, 7) is 3.55. The van der Waals surface area contributed by atoms with Gasteiger partial charge in [-0.3, -0.25) is 18.6 Å². The monoisotopic (exact) mass is 580 g/mol. The van der Waals surface area contributed by atoms with E-state index in [0.29, 0.717) is 6.42 Å². The molecular weight excluding hydrogens is 521 g/mol. The van der Waals surface area contributed by atoms with Gasteiger partial charge in [-0.2, -0.15) is 0 Å². The average Bonchev–Trinajstić information content (AvgIpc) is 2.92. The standard InChI is InChI=1S/C29H58NO8P/c1-3-5-7-9-11-13-15-17-19-21-28(31)35-25-27(26-37-39(33,34)36-24-23-30)38-29(32)22-20-18-16-14-12-10-8-6-4-2/h27H,3-26,30H2,1-2H3,(H,33,34)/t27-/m1/s1/i/hD. The fourth-order valence-electron chi connectivity index (χ4n) is 4.15. The molecule has 0 aliphatic carbocycles. The van der Waals surface area contributed by atoms with Gasteiger partial charge in [0.25, 0.3) is 0 Å². The summed E-state index contributed by atoms with van der Waals surface area (Å²) in [7, 11) is -4.40. The molecule has 2 atom stereocenters. The van der Waals surface area contributed by atoms with Crippen LogP contribution in [-0.4, -0.2) is 49.3 Å². The first-order valence-corrected chi connectivity index (χ1v) is 17.0. The molecule has 0 fully saturated rings. The molecule has 0 radical (unpaired) electrons. The van der Waals surface area contributed by atoms with E-state index in [1.165, 1.54) is 70.6 Å². The van der Waals surface area contributed by atoms with Crippen LogP contribution in [0, 0.1) is 0 Å². The Morgan fingerprint density at radius 3 is 1.67 bits per heavy atom. The third kappa shape index (κ3) is 27.0. The summed E-state index contributed by atoms with van der Waals surface area (Å²) in [5.74, 6) is -0.855. The van der Waals surface area contributed by atoms with E-state index in [1.807, 2.05) is 0 Å². The lowest BCUT2D eigenvalue weighted by Crippen LogP contribution is -2.29. The molecule has 39 heavy (non-hydrogen) atoms. The summed E-state index contributed by atoms with van der Waals surface area (Å²) in [6, 6.07) is 0. The van der Waals surface area contributed by atoms with Gasteiger partial charge in [0.2, 0.25) is 0 Å². The van der Waals surface area contributed by atoms with Crippen LogP contribution in [-0.2, 0) is 32.7 Å². The van der Waals surface area contributed by atoms with Crippen LogP contribution in [0.5, 0.6) is 0 Å². The summed E-state index contributed by atoms with van der Waals surface area (Å²) >= 11 is 0. The van der Waals surface area contributed by atoms with Crippen molar-refractivity contribution in [2.45, 2.75) is 148 Å². The highest BCUT2D eigenvalue weighted by Crippen LogP contribution is 2.43. The normalized spacial score (nSPS) is 14.0. The van der Waals surface area contributed by atoms with Gasteiger partial charge in [0.15, 0.2) is 6.10 Å². The van der Waals surface area contributed by atoms with E-state index in [2.05, 4.69) is 19.6 Å². The second kappa shape index (κ2) is 27.2. The Balaban J connectivity index is 4.38. The van der Waals surface area contributed by atoms with E-state index in [-0.39, 0.29) is 32.6 Å². The summed E-state index contributed by atoms with van der Waals surface area (Å²) in [6.07, 6.45) is 19.9. The molecule has 0 rings (SSSR count). The van der Waals surface area contributed by atoms with E-state index in [4.69, 9.17) is 19.9 Å². The van der Waals surface area contributed by atoms with Gasteiger partial charge in [0, 0.05) is 19.4 Å². The molecule has 0 spiro atoms. The molecule has 0 aliphatic rings. The number of hydrogen-bond acceptors (Lipinski definition) is 8. The van der Waals surface area contributed by atoms with Crippen LogP contribution in [0.3, 0.4) is 0 Å². The van der Waals surface area contributed by atoms with Gasteiger partial charge in [-0.15, -0.1) is 0 Å². The van der Waals surface area contributed by atoms with Gasteiger partial charge in [0.05, 0.1) is 13.2 Å². The number of phosphoric acid groups is 1. The first-order valence-electron chi connectivity index (χ1n) is 16.0. The lowest BCUT2D eigenvalue weighted by Gasteiger charge is -2.19. The smallest absolute Gasteiger partial charge is 0.462 e. The fourth-order valence-corrected chi connectivity index (χ4v) is 4.91. The molecule has 9 nitrogen and oxygen atoms in total. The SMILES string of the molecule is [2H]NCCOP(=O)(O)OC[C@@H](COC(=O)CCCCCCCCCCC)OC(=O)CCCCCCCCCCC. The maximum Gasteiger partial charge on any atom is 0.472 e. The largest absolute Gasteiger partial charge is 0.472 e. The first-order chi connectivity index (χ1) is 19.3. The molecule has 0 heterocycles. The number of hydrogen-bond donors (Lipinski definition) is 2. The highest BCUT2D eigenvalue weighted by atomic mass is 31.2. The van der Waals surface area contributed by atoms with E-state index in [9.17, 15) is 19.0 Å². The molecule has 0 aliphatic heterocycles. The Morgan fingerprint density at radius 2 is 1.18 bits per heavy atom. The van der Waals surface area contributed by atoms with Crippen molar-refractivity contribution in [3.05, 3.63) is 0 Å². The molecule has 0 bridgehead atoms. The van der Waals surface area contributed by atoms with E-state index in [1.54, 1.807) is 0 Å². The topological polar surface area (TPSA) is 134 Å². The minimum absolute atomic E-state index is 0.0432. The van der Waals surface area contributed by atoms with Crippen molar-refractivity contribution in [3.8, 4) is 0 Å². The van der Waals surface area contributed by atoms with E-state index < -0.39 is 32.5 Å². The highest BCUT2D eigenvalue weighted by molar-refractivity contribution is 7.47. The van der Waals surface area contributed by atoms with Crippen LogP contribution in [0.2, 0.25) is 1.41 Å². The molecule has 0 amide bonds. The molecule has 10 heteroatoms. The van der Waals surface area contributed by atoms with Gasteiger partial charge in [-0.05, 0) is 12.8 Å². The van der Waals surface area contributed by atoms with Crippen molar-refractivity contribution >= 4 is 19.8 Å². The average molecular weight is 581 g/mol. The molecule has 0 aromatic rings. The van der Waals surface area contributed by atoms with E-state index >= 15 is 0 Å². The summed E-state index contributed by atoms with van der Waals surface area (Å²) < 4.78 is 39.3. The summed E-state index contributed by atoms with van der Waals surface area (Å²) in [5.41, 5.74) is 2.06. The fraction of sp³-hybridized carbons (Fsp3) is 0.931. The number of carbonyl (C=O) groups excluding carboxylic acids is 2. The van der Waals surface area contributed by atoms with Gasteiger partial charge in [-0.25, -0.2) is 4.57 Å². The van der Waals surface area contributed by atoms with E-state index in [0.717, 1.165) is 38.5 Å². The van der Waals surface area contributed by atoms with Crippen LogP contribution >= 0.6 is 7.82 Å². The van der Waals surface area contributed by atoms with Crippen molar-refractivity contribution in [1.29, 1.82) is 0 Å². The Hall–Kier alpha value is -0.990. The van der Waals surface area contributed by atoms with Crippen molar-refractivity contribution < 1.29 is 39.0 Å².